The van der Waals surface area contributed by atoms with Crippen LogP contribution in [0.25, 0.3) is 0 Å². The Morgan fingerprint density at radius 3 is 1.21 bits per heavy atom. The molecule has 0 bridgehead atoms. The molecule has 0 spiro atoms. The Morgan fingerprint density at radius 2 is 0.833 bits per heavy atom. The molecular formula is C35H65NO6. The zero-order valence-electron chi connectivity index (χ0n) is 27.1. The highest BCUT2D eigenvalue weighted by molar-refractivity contribution is 5.66. The summed E-state index contributed by atoms with van der Waals surface area (Å²) in [6.45, 7) is 5.86. The first kappa shape index (κ1) is 40.1. The van der Waals surface area contributed by atoms with Crippen molar-refractivity contribution >= 4 is 17.9 Å². The molecule has 0 saturated heterocycles. The maximum absolute atomic E-state index is 11.0. The molecule has 42 heavy (non-hydrogen) atoms. The molecule has 0 unspecified atom stereocenters. The Hall–Kier alpha value is -1.89. The summed E-state index contributed by atoms with van der Waals surface area (Å²) in [6, 6.07) is 0. The largest absolute Gasteiger partial charge is 0.550 e. The number of hydrogen-bond donors (Lipinski definition) is 2. The third-order valence-corrected chi connectivity index (χ3v) is 8.45. The first-order valence-electron chi connectivity index (χ1n) is 17.4. The second kappa shape index (κ2) is 29.2. The number of allylic oxidation sites excluding steroid dienone is 2. The normalized spacial score (nSPS) is 11.8. The van der Waals surface area contributed by atoms with Crippen molar-refractivity contribution in [2.75, 3.05) is 26.2 Å². The molecule has 0 aliphatic heterocycles. The van der Waals surface area contributed by atoms with Gasteiger partial charge in [0, 0.05) is 18.8 Å². The Morgan fingerprint density at radius 1 is 0.500 bits per heavy atom. The maximum atomic E-state index is 11.0. The third-order valence-electron chi connectivity index (χ3n) is 8.45. The van der Waals surface area contributed by atoms with Gasteiger partial charge >= 0.3 is 11.9 Å². The van der Waals surface area contributed by atoms with Gasteiger partial charge in [-0.25, -0.2) is 0 Å². The van der Waals surface area contributed by atoms with Gasteiger partial charge in [-0.3, -0.25) is 9.59 Å². The number of hydrogen-bond acceptors (Lipinski definition) is 4. The molecule has 2 N–H and O–H groups in total. The molecule has 0 saturated carbocycles. The Balaban J connectivity index is 4.37. The van der Waals surface area contributed by atoms with E-state index < -0.39 is 17.9 Å². The van der Waals surface area contributed by atoms with Gasteiger partial charge in [0.15, 0.2) is 0 Å². The molecule has 0 rings (SSSR count). The Kier molecular flexibility index (Phi) is 27.9. The first-order valence-corrected chi connectivity index (χ1v) is 17.4. The lowest BCUT2D eigenvalue weighted by molar-refractivity contribution is -0.929. The molecule has 0 aromatic rings. The third kappa shape index (κ3) is 28.2. The van der Waals surface area contributed by atoms with Gasteiger partial charge in [0.05, 0.1) is 26.2 Å². The average Bonchev–Trinajstić information content (AvgIpc) is 2.94. The minimum absolute atomic E-state index is 0.0619. The molecule has 7 nitrogen and oxygen atoms in total. The number of unbranched alkanes of at least 4 members (excludes halogenated alkanes) is 17. The number of carbonyl (C=O) groups excluding carboxylic acids is 1. The fourth-order valence-corrected chi connectivity index (χ4v) is 5.88. The summed E-state index contributed by atoms with van der Waals surface area (Å²) < 4.78 is 0.843. The molecule has 0 aliphatic rings. The van der Waals surface area contributed by atoms with Gasteiger partial charge in [0.25, 0.3) is 0 Å². The van der Waals surface area contributed by atoms with Crippen molar-refractivity contribution in [2.45, 2.75) is 167 Å². The molecule has 7 heteroatoms. The lowest BCUT2D eigenvalue weighted by Crippen LogP contribution is -2.51. The summed E-state index contributed by atoms with van der Waals surface area (Å²) in [7, 11) is 0. The second-order valence-electron chi connectivity index (χ2n) is 12.4. The molecule has 0 heterocycles. The number of carboxylic acid groups (broad SMARTS) is 3. The number of carbonyl (C=O) groups is 3. The van der Waals surface area contributed by atoms with E-state index in [1.54, 1.807) is 0 Å². The van der Waals surface area contributed by atoms with E-state index in [0.717, 1.165) is 62.8 Å². The molecule has 0 aromatic heterocycles. The van der Waals surface area contributed by atoms with Crippen molar-refractivity contribution in [3.8, 4) is 0 Å². The molecule has 0 aliphatic carbocycles. The van der Waals surface area contributed by atoms with E-state index in [1.165, 1.54) is 89.9 Å². The highest BCUT2D eigenvalue weighted by Gasteiger charge is 2.26. The van der Waals surface area contributed by atoms with Crippen LogP contribution in [0.4, 0.5) is 0 Å². The van der Waals surface area contributed by atoms with Crippen LogP contribution in [0, 0.1) is 0 Å². The number of rotatable bonds is 33. The van der Waals surface area contributed by atoms with E-state index >= 15 is 0 Å². The van der Waals surface area contributed by atoms with Crippen molar-refractivity contribution in [2.24, 2.45) is 0 Å². The maximum Gasteiger partial charge on any atom is 0.303 e. The molecule has 0 fully saturated rings. The quantitative estimate of drug-likeness (QED) is 0.0451. The predicted octanol–water partition coefficient (Wildman–Crippen LogP) is 8.05. The van der Waals surface area contributed by atoms with Crippen LogP contribution >= 0.6 is 0 Å². The topological polar surface area (TPSA) is 115 Å². The van der Waals surface area contributed by atoms with Crippen LogP contribution in [0.3, 0.4) is 0 Å². The number of quaternary nitrogens is 1. The van der Waals surface area contributed by atoms with Crippen LogP contribution in [0.5, 0.6) is 0 Å². The number of aliphatic carboxylic acids is 3. The Labute approximate surface area is 257 Å². The van der Waals surface area contributed by atoms with E-state index in [-0.39, 0.29) is 19.3 Å². The highest BCUT2D eigenvalue weighted by Crippen LogP contribution is 2.19. The standard InChI is InChI=1S/C35H65NO6/c1-2-3-4-5-6-7-8-9-10-11-12-13-14-15-16-17-18-22-29-36(30-23-19-26-33(37)38,31-24-20-27-34(39)40)32-25-21-28-35(41)42/h11-12H,2-10,13-32H2,1H3,(H2-,37,38,39,40,41,42)/b12-11+. The summed E-state index contributed by atoms with van der Waals surface area (Å²) in [5, 5.41) is 29.0. The van der Waals surface area contributed by atoms with Gasteiger partial charge in [0.2, 0.25) is 0 Å². The summed E-state index contributed by atoms with van der Waals surface area (Å²) in [5.74, 6) is -2.57. The van der Waals surface area contributed by atoms with Gasteiger partial charge in [-0.15, -0.1) is 0 Å². The minimum Gasteiger partial charge on any atom is -0.550 e. The fourth-order valence-electron chi connectivity index (χ4n) is 5.88. The monoisotopic (exact) mass is 595 g/mol. The van der Waals surface area contributed by atoms with E-state index in [1.807, 2.05) is 0 Å². The lowest BCUT2D eigenvalue weighted by Gasteiger charge is -2.39. The van der Waals surface area contributed by atoms with Gasteiger partial charge in [-0.1, -0.05) is 83.3 Å². The van der Waals surface area contributed by atoms with Crippen molar-refractivity contribution in [3.63, 3.8) is 0 Å². The van der Waals surface area contributed by atoms with Crippen LogP contribution in [-0.2, 0) is 14.4 Å². The summed E-state index contributed by atoms with van der Waals surface area (Å²) in [4.78, 5) is 32.9. The summed E-state index contributed by atoms with van der Waals surface area (Å²) in [5.41, 5.74) is 0. The molecule has 0 atom stereocenters. The van der Waals surface area contributed by atoms with Crippen molar-refractivity contribution < 1.29 is 34.2 Å². The van der Waals surface area contributed by atoms with Crippen LogP contribution in [0.2, 0.25) is 0 Å². The van der Waals surface area contributed by atoms with Crippen LogP contribution in [0.15, 0.2) is 12.2 Å². The van der Waals surface area contributed by atoms with E-state index in [2.05, 4.69) is 19.1 Å². The SMILES string of the molecule is CCCCCCCCCC/C=C/CCCCCCCC[N+](CCCCC(=O)[O-])(CCCCC(=O)O)CCCCC(=O)O. The van der Waals surface area contributed by atoms with Crippen LogP contribution in [-0.4, -0.2) is 58.8 Å². The zero-order valence-corrected chi connectivity index (χ0v) is 27.1. The van der Waals surface area contributed by atoms with Crippen molar-refractivity contribution in [1.29, 1.82) is 0 Å². The van der Waals surface area contributed by atoms with Crippen LogP contribution in [0.1, 0.15) is 167 Å². The second-order valence-corrected chi connectivity index (χ2v) is 12.4. The highest BCUT2D eigenvalue weighted by atomic mass is 16.4. The molecule has 0 amide bonds. The Bertz CT molecular complexity index is 638. The molecule has 0 radical (unpaired) electrons. The van der Waals surface area contributed by atoms with E-state index in [4.69, 9.17) is 10.2 Å². The molecular weight excluding hydrogens is 530 g/mol. The summed E-state index contributed by atoms with van der Waals surface area (Å²) >= 11 is 0. The van der Waals surface area contributed by atoms with E-state index in [9.17, 15) is 19.5 Å². The smallest absolute Gasteiger partial charge is 0.303 e. The first-order chi connectivity index (χ1) is 20.3. The fraction of sp³-hybridized carbons (Fsp3) is 0.857. The summed E-state index contributed by atoms with van der Waals surface area (Å²) in [6.07, 6.45) is 30.0. The number of nitrogens with zero attached hydrogens (tertiary/aromatic N) is 1. The molecule has 0 aromatic carbocycles. The van der Waals surface area contributed by atoms with E-state index in [0.29, 0.717) is 19.3 Å². The molecule has 246 valence electrons. The zero-order chi connectivity index (χ0) is 31.2. The minimum atomic E-state index is -1.02. The van der Waals surface area contributed by atoms with Crippen molar-refractivity contribution in [1.82, 2.24) is 0 Å². The number of carboxylic acids is 3. The predicted molar refractivity (Wildman–Crippen MR) is 170 cm³/mol. The van der Waals surface area contributed by atoms with Gasteiger partial charge in [0.1, 0.15) is 0 Å². The van der Waals surface area contributed by atoms with Gasteiger partial charge < -0.3 is 24.6 Å². The average molecular weight is 596 g/mol. The lowest BCUT2D eigenvalue weighted by atomic mass is 10.1. The van der Waals surface area contributed by atoms with Crippen molar-refractivity contribution in [3.05, 3.63) is 12.2 Å². The van der Waals surface area contributed by atoms with Crippen LogP contribution < -0.4 is 5.11 Å². The van der Waals surface area contributed by atoms with Gasteiger partial charge in [-0.05, 0) is 83.5 Å². The van der Waals surface area contributed by atoms with Gasteiger partial charge in [-0.2, -0.15) is 0 Å².